The van der Waals surface area contributed by atoms with Crippen molar-refractivity contribution >= 4 is 17.7 Å². The maximum atomic E-state index is 14.9. The minimum absolute atomic E-state index is 0.0107. The van der Waals surface area contributed by atoms with Gasteiger partial charge in [0.2, 0.25) is 0 Å². The van der Waals surface area contributed by atoms with E-state index in [2.05, 4.69) is 0 Å². The highest BCUT2D eigenvalue weighted by Crippen LogP contribution is 2.35. The van der Waals surface area contributed by atoms with Crippen LogP contribution in [0.25, 0.3) is 11.1 Å². The molecule has 3 aromatic carbocycles. The number of carboxylic acid groups (broad SMARTS) is 1. The molecule has 0 spiro atoms. The number of nitrogens with zero attached hydrogens (tertiary/aromatic N) is 3. The van der Waals surface area contributed by atoms with Gasteiger partial charge >= 0.3 is 18.0 Å². The largest absolute Gasteiger partial charge is 0.495 e. The summed E-state index contributed by atoms with van der Waals surface area (Å²) in [4.78, 5) is 41.3. The van der Waals surface area contributed by atoms with Crippen molar-refractivity contribution in [2.75, 3.05) is 13.7 Å². The van der Waals surface area contributed by atoms with Crippen LogP contribution in [0.3, 0.4) is 0 Å². The van der Waals surface area contributed by atoms with Gasteiger partial charge in [0.15, 0.2) is 0 Å². The molecule has 0 saturated heterocycles. The summed E-state index contributed by atoms with van der Waals surface area (Å²) in [6.07, 6.45) is -4.80. The van der Waals surface area contributed by atoms with Gasteiger partial charge < -0.3 is 9.84 Å². The Hall–Kier alpha value is -4.58. The monoisotopic (exact) mass is 633 g/mol. The molecule has 44 heavy (non-hydrogen) atoms. The molecule has 0 aliphatic rings. The molecule has 0 radical (unpaired) electrons. The number of amides is 1. The minimum Gasteiger partial charge on any atom is -0.495 e. The van der Waals surface area contributed by atoms with Gasteiger partial charge in [-0.25, -0.2) is 14.0 Å². The zero-order valence-electron chi connectivity index (χ0n) is 23.6. The van der Waals surface area contributed by atoms with Crippen LogP contribution in [0.5, 0.6) is 5.75 Å². The summed E-state index contributed by atoms with van der Waals surface area (Å²) in [6, 6.07) is 14.2. The fraction of sp³-hybridized carbons (Fsp3) is 0.258. The summed E-state index contributed by atoms with van der Waals surface area (Å²) >= 11 is 6.51. The number of aromatic nitrogens is 2. The summed E-state index contributed by atoms with van der Waals surface area (Å²) in [5.41, 5.74) is -3.67. The van der Waals surface area contributed by atoms with Crippen molar-refractivity contribution in [3.8, 4) is 16.9 Å². The van der Waals surface area contributed by atoms with E-state index in [0.717, 1.165) is 32.4 Å². The van der Waals surface area contributed by atoms with Gasteiger partial charge in [0.25, 0.3) is 5.56 Å². The molecule has 1 unspecified atom stereocenters. The molecule has 1 amide bonds. The van der Waals surface area contributed by atoms with E-state index in [4.69, 9.17) is 16.3 Å². The Morgan fingerprint density at radius 3 is 2.32 bits per heavy atom. The third-order valence-electron chi connectivity index (χ3n) is 7.09. The molecule has 0 bridgehead atoms. The van der Waals surface area contributed by atoms with Gasteiger partial charge in [-0.05, 0) is 30.2 Å². The molecule has 0 aliphatic heterocycles. The molecule has 4 rings (SSSR count). The third-order valence-corrected chi connectivity index (χ3v) is 7.48. The minimum atomic E-state index is -4.94. The first-order valence-corrected chi connectivity index (χ1v) is 13.8. The summed E-state index contributed by atoms with van der Waals surface area (Å²) in [5, 5.41) is 10.0. The zero-order chi connectivity index (χ0) is 32.2. The predicted molar refractivity (Wildman–Crippen MR) is 157 cm³/mol. The lowest BCUT2D eigenvalue weighted by Gasteiger charge is -2.30. The Labute approximate surface area is 254 Å². The molecule has 4 aromatic rings. The van der Waals surface area contributed by atoms with E-state index in [1.54, 1.807) is 37.3 Å². The number of methoxy groups -OCH3 is 1. The highest BCUT2D eigenvalue weighted by Gasteiger charge is 2.35. The van der Waals surface area contributed by atoms with Crippen LogP contribution in [0.1, 0.15) is 36.1 Å². The van der Waals surface area contributed by atoms with Crippen LogP contribution >= 0.6 is 11.6 Å². The van der Waals surface area contributed by atoms with Crippen molar-refractivity contribution in [3.05, 3.63) is 121 Å². The molecule has 1 atom stereocenters. The summed E-state index contributed by atoms with van der Waals surface area (Å²) in [6.45, 7) is 0.439. The van der Waals surface area contributed by atoms with Crippen LogP contribution in [0.2, 0.25) is 5.02 Å². The van der Waals surface area contributed by atoms with Crippen LogP contribution in [0, 0.1) is 5.82 Å². The lowest BCUT2D eigenvalue weighted by atomic mass is 10.0. The Morgan fingerprint density at radius 1 is 1.02 bits per heavy atom. The van der Waals surface area contributed by atoms with Crippen LogP contribution < -0.4 is 16.0 Å². The SMILES string of the molecule is CCCN(C(=O)O)C(Cn1c(=O)c(-c2cccc(OC)c2Cl)cn(Cc2c(F)cccc2C(F)(F)F)c1=O)c1ccccc1. The van der Waals surface area contributed by atoms with Crippen molar-refractivity contribution in [2.45, 2.75) is 38.7 Å². The van der Waals surface area contributed by atoms with Gasteiger partial charge in [0.1, 0.15) is 11.6 Å². The van der Waals surface area contributed by atoms with E-state index in [1.807, 2.05) is 0 Å². The van der Waals surface area contributed by atoms with E-state index in [-0.39, 0.29) is 28.4 Å². The lowest BCUT2D eigenvalue weighted by Crippen LogP contribution is -2.45. The van der Waals surface area contributed by atoms with E-state index >= 15 is 0 Å². The predicted octanol–water partition coefficient (Wildman–Crippen LogP) is 6.68. The van der Waals surface area contributed by atoms with Gasteiger partial charge in [-0.1, -0.05) is 67.1 Å². The summed E-state index contributed by atoms with van der Waals surface area (Å²) in [7, 11) is 1.35. The first-order valence-electron chi connectivity index (χ1n) is 13.4. The molecule has 13 heteroatoms. The summed E-state index contributed by atoms with van der Waals surface area (Å²) < 4.78 is 63.2. The first-order chi connectivity index (χ1) is 20.9. The van der Waals surface area contributed by atoms with Crippen molar-refractivity contribution in [2.24, 2.45) is 0 Å². The Bertz CT molecular complexity index is 1770. The Kier molecular flexibility index (Phi) is 9.83. The topological polar surface area (TPSA) is 93.8 Å². The number of halogens is 5. The van der Waals surface area contributed by atoms with Crippen LogP contribution in [-0.2, 0) is 19.3 Å². The Morgan fingerprint density at radius 2 is 1.70 bits per heavy atom. The third kappa shape index (κ3) is 6.65. The van der Waals surface area contributed by atoms with Crippen molar-refractivity contribution in [1.82, 2.24) is 14.0 Å². The van der Waals surface area contributed by atoms with E-state index in [9.17, 15) is 37.1 Å². The fourth-order valence-corrected chi connectivity index (χ4v) is 5.31. The maximum Gasteiger partial charge on any atom is 0.416 e. The smallest absolute Gasteiger partial charge is 0.416 e. The number of benzene rings is 3. The molecular formula is C31H28ClF4N3O5. The molecule has 232 valence electrons. The van der Waals surface area contributed by atoms with Crippen molar-refractivity contribution in [3.63, 3.8) is 0 Å². The quantitative estimate of drug-likeness (QED) is 0.197. The van der Waals surface area contributed by atoms with Crippen LogP contribution in [0.15, 0.2) is 82.5 Å². The number of carbonyl (C=O) groups is 1. The normalized spacial score (nSPS) is 12.2. The average Bonchev–Trinajstić information content (AvgIpc) is 2.98. The molecule has 1 heterocycles. The van der Waals surface area contributed by atoms with Gasteiger partial charge in [0, 0.05) is 23.9 Å². The lowest BCUT2D eigenvalue weighted by molar-refractivity contribution is -0.138. The first kappa shape index (κ1) is 32.3. The molecule has 0 aliphatic carbocycles. The second-order valence-electron chi connectivity index (χ2n) is 9.86. The standard InChI is InChI=1S/C31H28ClF4N3O5/c1-3-15-38(30(42)43)25(19-9-5-4-6-10-19)18-39-28(40)21(20-11-7-14-26(44-2)27(20)32)16-37(29(39)41)17-22-23(31(34,35)36)12-8-13-24(22)33/h4-14,16,25H,3,15,17-18H2,1-2H3,(H,42,43). The maximum absolute atomic E-state index is 14.9. The molecule has 0 saturated carbocycles. The van der Waals surface area contributed by atoms with Crippen molar-refractivity contribution < 1.29 is 32.2 Å². The number of ether oxygens (including phenoxy) is 1. The highest BCUT2D eigenvalue weighted by molar-refractivity contribution is 6.34. The number of rotatable bonds is 10. The van der Waals surface area contributed by atoms with Gasteiger partial charge in [0.05, 0.1) is 42.4 Å². The molecular weight excluding hydrogens is 606 g/mol. The van der Waals surface area contributed by atoms with E-state index in [1.165, 1.54) is 25.3 Å². The molecule has 1 N–H and O–H groups in total. The van der Waals surface area contributed by atoms with Gasteiger partial charge in [-0.3, -0.25) is 18.8 Å². The van der Waals surface area contributed by atoms with Crippen LogP contribution in [0.4, 0.5) is 22.4 Å². The average molecular weight is 634 g/mol. The number of alkyl halides is 3. The van der Waals surface area contributed by atoms with Crippen molar-refractivity contribution in [1.29, 1.82) is 0 Å². The highest BCUT2D eigenvalue weighted by atomic mass is 35.5. The van der Waals surface area contributed by atoms with E-state index in [0.29, 0.717) is 18.1 Å². The van der Waals surface area contributed by atoms with Gasteiger partial charge in [-0.15, -0.1) is 0 Å². The zero-order valence-corrected chi connectivity index (χ0v) is 24.4. The van der Waals surface area contributed by atoms with E-state index < -0.39 is 59.6 Å². The number of hydrogen-bond acceptors (Lipinski definition) is 4. The molecule has 1 aromatic heterocycles. The fourth-order valence-electron chi connectivity index (χ4n) is 5.00. The van der Waals surface area contributed by atoms with Crippen LogP contribution in [-0.4, -0.2) is 38.9 Å². The second-order valence-corrected chi connectivity index (χ2v) is 10.2. The molecule has 8 nitrogen and oxygen atoms in total. The second kappa shape index (κ2) is 13.4. The number of hydrogen-bond donors (Lipinski definition) is 1. The Balaban J connectivity index is 2.01. The van der Waals surface area contributed by atoms with Gasteiger partial charge in [-0.2, -0.15) is 13.2 Å². The molecule has 0 fully saturated rings. The summed E-state index contributed by atoms with van der Waals surface area (Å²) in [5.74, 6) is -1.02.